The number of pyridine rings is 1. The number of carbonyl (C=O) groups is 1. The number of phenolic OH excluding ortho intramolecular Hbond substituents is 1. The predicted octanol–water partition coefficient (Wildman–Crippen LogP) is 6.52. The van der Waals surface area contributed by atoms with Crippen molar-refractivity contribution in [3.63, 3.8) is 0 Å². The number of benzene rings is 3. The van der Waals surface area contributed by atoms with Gasteiger partial charge in [0.05, 0.1) is 23.8 Å². The normalized spacial score (nSPS) is 20.1. The SMILES string of the molecule is O=C(O)NC(c1ccccc1)(c1ccc(OCCCCCCCCCNC[C@H](O)c2ccc(O)c3[nH]c(=O)ccc23)cc1)[C@H]1CN2CCC1CC2. The van der Waals surface area contributed by atoms with E-state index in [4.69, 9.17) is 4.74 Å². The molecule has 51 heavy (non-hydrogen) atoms. The number of H-pyrrole nitrogens is 1. The number of nitrogens with zero attached hydrogens (tertiary/aromatic N) is 1. The fraction of sp³-hybridized carbons (Fsp3) is 0.463. The maximum Gasteiger partial charge on any atom is 0.405 e. The van der Waals surface area contributed by atoms with Crippen LogP contribution in [0.1, 0.15) is 80.6 Å². The predicted molar refractivity (Wildman–Crippen MR) is 199 cm³/mol. The van der Waals surface area contributed by atoms with Crippen molar-refractivity contribution in [1.82, 2.24) is 20.5 Å². The van der Waals surface area contributed by atoms with Crippen molar-refractivity contribution < 1.29 is 24.9 Å². The molecule has 6 N–H and O–H groups in total. The molecule has 3 fully saturated rings. The van der Waals surface area contributed by atoms with E-state index in [0.29, 0.717) is 35.5 Å². The third-order valence-electron chi connectivity index (χ3n) is 10.9. The van der Waals surface area contributed by atoms with Gasteiger partial charge in [0.25, 0.3) is 0 Å². The van der Waals surface area contributed by atoms with Crippen LogP contribution in [-0.4, -0.2) is 70.6 Å². The molecule has 4 heterocycles. The summed E-state index contributed by atoms with van der Waals surface area (Å²) >= 11 is 0. The minimum absolute atomic E-state index is 0.0112. The van der Waals surface area contributed by atoms with E-state index in [1.807, 2.05) is 42.5 Å². The van der Waals surface area contributed by atoms with Gasteiger partial charge < -0.3 is 40.6 Å². The highest BCUT2D eigenvalue weighted by Gasteiger charge is 2.50. The molecule has 7 rings (SSSR count). The zero-order valence-corrected chi connectivity index (χ0v) is 29.4. The van der Waals surface area contributed by atoms with Gasteiger partial charge in [-0.15, -0.1) is 0 Å². The number of unbranched alkanes of at least 4 members (excludes halogenated alkanes) is 6. The maximum atomic E-state index is 12.3. The number of carboxylic acid groups (broad SMARTS) is 1. The van der Waals surface area contributed by atoms with E-state index in [1.165, 1.54) is 18.6 Å². The van der Waals surface area contributed by atoms with E-state index >= 15 is 0 Å². The molecule has 3 aliphatic heterocycles. The number of hydrogen-bond donors (Lipinski definition) is 6. The van der Waals surface area contributed by atoms with Crippen LogP contribution < -0.4 is 20.9 Å². The number of aromatic amines is 1. The van der Waals surface area contributed by atoms with Crippen LogP contribution >= 0.6 is 0 Å². The number of aliphatic hydroxyl groups excluding tert-OH is 1. The summed E-state index contributed by atoms with van der Waals surface area (Å²) in [6.07, 6.45) is 8.16. The van der Waals surface area contributed by atoms with Gasteiger partial charge in [0.15, 0.2) is 0 Å². The summed E-state index contributed by atoms with van der Waals surface area (Å²) in [4.78, 5) is 29.1. The van der Waals surface area contributed by atoms with E-state index in [-0.39, 0.29) is 17.2 Å². The quantitative estimate of drug-likeness (QED) is 0.0645. The van der Waals surface area contributed by atoms with Gasteiger partial charge in [0, 0.05) is 30.5 Å². The molecular weight excluding hydrogens is 644 g/mol. The number of aromatic nitrogens is 1. The number of fused-ring (bicyclic) bond motifs is 4. The Morgan fingerprint density at radius 2 is 1.57 bits per heavy atom. The summed E-state index contributed by atoms with van der Waals surface area (Å²) in [5.41, 5.74) is 1.83. The van der Waals surface area contributed by atoms with Gasteiger partial charge in [0.2, 0.25) is 5.56 Å². The zero-order valence-electron chi connectivity index (χ0n) is 29.4. The van der Waals surface area contributed by atoms with Gasteiger partial charge in [-0.3, -0.25) is 4.79 Å². The van der Waals surface area contributed by atoms with E-state index in [0.717, 1.165) is 94.4 Å². The molecule has 3 atom stereocenters. The minimum Gasteiger partial charge on any atom is -0.506 e. The number of amides is 1. The largest absolute Gasteiger partial charge is 0.506 e. The molecule has 1 unspecified atom stereocenters. The summed E-state index contributed by atoms with van der Waals surface area (Å²) in [6.45, 7) is 4.91. The fourth-order valence-electron chi connectivity index (χ4n) is 8.30. The summed E-state index contributed by atoms with van der Waals surface area (Å²) in [5, 5.41) is 37.9. The number of ether oxygens (including phenoxy) is 1. The lowest BCUT2D eigenvalue weighted by atomic mass is 9.63. The first-order valence-corrected chi connectivity index (χ1v) is 18.6. The van der Waals surface area contributed by atoms with Crippen LogP contribution in [-0.2, 0) is 5.54 Å². The zero-order chi connectivity index (χ0) is 35.6. The number of hydrogen-bond acceptors (Lipinski definition) is 7. The second kappa shape index (κ2) is 17.2. The van der Waals surface area contributed by atoms with Gasteiger partial charge in [-0.1, -0.05) is 80.6 Å². The third kappa shape index (κ3) is 8.75. The molecule has 1 aromatic heterocycles. The molecule has 1 amide bonds. The second-order valence-corrected chi connectivity index (χ2v) is 14.2. The molecule has 4 aromatic rings. The van der Waals surface area contributed by atoms with Crippen molar-refractivity contribution in [1.29, 1.82) is 0 Å². The molecule has 3 saturated heterocycles. The second-order valence-electron chi connectivity index (χ2n) is 14.2. The average molecular weight is 697 g/mol. The van der Waals surface area contributed by atoms with Crippen LogP contribution in [0.5, 0.6) is 11.5 Å². The van der Waals surface area contributed by atoms with E-state index in [2.05, 4.69) is 32.7 Å². The Hall–Kier alpha value is -4.38. The molecule has 10 nitrogen and oxygen atoms in total. The fourth-order valence-corrected chi connectivity index (χ4v) is 8.30. The Bertz CT molecular complexity index is 1770. The standard InChI is InChI=1S/C41H52N4O6/c46-36-19-17-33(34-18-20-38(48)43-39(34)36)37(47)27-42-23-9-4-2-1-3-5-10-26-51-32-15-13-31(14-16-32)41(44-40(49)50,30-11-7-6-8-12-30)35-28-45-24-21-29(35)22-25-45/h6-8,11-20,29,35,37,42,44,46-47H,1-5,9-10,21-28H2,(H,43,48)(H,49,50)/t35-,37-,41?/m0/s1. The van der Waals surface area contributed by atoms with Crippen LogP contribution in [0.2, 0.25) is 0 Å². The smallest absolute Gasteiger partial charge is 0.405 e. The monoisotopic (exact) mass is 696 g/mol. The van der Waals surface area contributed by atoms with Crippen molar-refractivity contribution in [2.45, 2.75) is 69.4 Å². The Balaban J connectivity index is 0.899. The number of phenols is 1. The Morgan fingerprint density at radius 1 is 0.882 bits per heavy atom. The lowest BCUT2D eigenvalue weighted by molar-refractivity contribution is 0.00721. The van der Waals surface area contributed by atoms with Gasteiger partial charge in [-0.25, -0.2) is 4.79 Å². The molecule has 3 aromatic carbocycles. The molecule has 0 radical (unpaired) electrons. The summed E-state index contributed by atoms with van der Waals surface area (Å²) in [5.74, 6) is 1.39. The van der Waals surface area contributed by atoms with E-state index < -0.39 is 17.7 Å². The molecule has 0 aliphatic carbocycles. The van der Waals surface area contributed by atoms with Crippen LogP contribution in [0, 0.1) is 11.8 Å². The van der Waals surface area contributed by atoms with Crippen molar-refractivity contribution >= 4 is 17.0 Å². The number of aliphatic hydroxyl groups is 1. The summed E-state index contributed by atoms with van der Waals surface area (Å²) in [7, 11) is 0. The van der Waals surface area contributed by atoms with Crippen LogP contribution in [0.3, 0.4) is 0 Å². The van der Waals surface area contributed by atoms with Crippen molar-refractivity contribution in [3.05, 3.63) is 106 Å². The van der Waals surface area contributed by atoms with Gasteiger partial charge in [-0.2, -0.15) is 0 Å². The first-order valence-electron chi connectivity index (χ1n) is 18.6. The number of piperidine rings is 3. The van der Waals surface area contributed by atoms with Gasteiger partial charge in [-0.05, 0) is 92.2 Å². The molecule has 3 aliphatic rings. The van der Waals surface area contributed by atoms with E-state index in [1.54, 1.807) is 12.1 Å². The third-order valence-corrected chi connectivity index (χ3v) is 10.9. The number of rotatable bonds is 18. The van der Waals surface area contributed by atoms with Crippen molar-refractivity contribution in [2.24, 2.45) is 11.8 Å². The minimum atomic E-state index is -1.01. The molecule has 0 spiro atoms. The van der Waals surface area contributed by atoms with Gasteiger partial charge >= 0.3 is 6.09 Å². The summed E-state index contributed by atoms with van der Waals surface area (Å²) < 4.78 is 6.11. The Labute approximate surface area is 299 Å². The number of nitrogens with one attached hydrogen (secondary N) is 3. The van der Waals surface area contributed by atoms with Crippen LogP contribution in [0.4, 0.5) is 4.79 Å². The first kappa shape index (κ1) is 36.4. The molecular formula is C41H52N4O6. The lowest BCUT2D eigenvalue weighted by Gasteiger charge is -2.53. The number of aromatic hydroxyl groups is 1. The van der Waals surface area contributed by atoms with Crippen LogP contribution in [0.15, 0.2) is 83.7 Å². The lowest BCUT2D eigenvalue weighted by Crippen LogP contribution is -2.61. The molecule has 0 saturated carbocycles. The summed E-state index contributed by atoms with van der Waals surface area (Å²) in [6, 6.07) is 24.4. The van der Waals surface area contributed by atoms with Crippen molar-refractivity contribution in [2.75, 3.05) is 39.3 Å². The molecule has 10 heteroatoms. The van der Waals surface area contributed by atoms with E-state index in [9.17, 15) is 24.9 Å². The highest BCUT2D eigenvalue weighted by molar-refractivity contribution is 5.87. The topological polar surface area (TPSA) is 147 Å². The first-order chi connectivity index (χ1) is 24.8. The Kier molecular flexibility index (Phi) is 12.3. The van der Waals surface area contributed by atoms with Crippen molar-refractivity contribution in [3.8, 4) is 11.5 Å². The molecule has 2 bridgehead atoms. The Morgan fingerprint density at radius 3 is 2.25 bits per heavy atom. The van der Waals surface area contributed by atoms with Gasteiger partial charge in [0.1, 0.15) is 11.5 Å². The van der Waals surface area contributed by atoms with Crippen LogP contribution in [0.25, 0.3) is 10.9 Å². The molecule has 272 valence electrons. The highest BCUT2D eigenvalue weighted by atomic mass is 16.5. The maximum absolute atomic E-state index is 12.3. The average Bonchev–Trinajstić information content (AvgIpc) is 3.15. The highest BCUT2D eigenvalue weighted by Crippen LogP contribution is 2.47.